The minimum atomic E-state index is 0.458. The summed E-state index contributed by atoms with van der Waals surface area (Å²) in [7, 11) is 0. The number of nitrogens with one attached hydrogen (secondary N) is 1. The Labute approximate surface area is 131 Å². The van der Waals surface area contributed by atoms with Crippen molar-refractivity contribution in [3.63, 3.8) is 0 Å². The third-order valence-corrected chi connectivity index (χ3v) is 3.36. The standard InChI is InChI=1S/C16H26BrNO2/c1-5-19-7-6-8-20-16-13(4)9-15(17)10-14(16)11-18-12(2)3/h9-10,12,18H,5-8,11H2,1-4H3. The van der Waals surface area contributed by atoms with E-state index in [0.29, 0.717) is 12.6 Å². The number of aryl methyl sites for hydroxylation is 1. The topological polar surface area (TPSA) is 30.5 Å². The number of halogens is 1. The predicted octanol–water partition coefficient (Wildman–Crippen LogP) is 4.06. The van der Waals surface area contributed by atoms with Crippen molar-refractivity contribution in [3.8, 4) is 5.75 Å². The summed E-state index contributed by atoms with van der Waals surface area (Å²) in [6, 6.07) is 4.68. The summed E-state index contributed by atoms with van der Waals surface area (Å²) in [5.41, 5.74) is 2.36. The van der Waals surface area contributed by atoms with Gasteiger partial charge in [-0.2, -0.15) is 0 Å². The SMILES string of the molecule is CCOCCCOc1c(C)cc(Br)cc1CNC(C)C. The quantitative estimate of drug-likeness (QED) is 0.685. The van der Waals surface area contributed by atoms with Gasteiger partial charge in [-0.15, -0.1) is 0 Å². The molecule has 0 aliphatic heterocycles. The van der Waals surface area contributed by atoms with Crippen LogP contribution in [0, 0.1) is 6.92 Å². The Morgan fingerprint density at radius 3 is 2.65 bits per heavy atom. The Hall–Kier alpha value is -0.580. The van der Waals surface area contributed by atoms with Crippen LogP contribution in [0.3, 0.4) is 0 Å². The zero-order chi connectivity index (χ0) is 15.0. The Bertz CT molecular complexity index is 408. The summed E-state index contributed by atoms with van der Waals surface area (Å²) in [5.74, 6) is 0.998. The van der Waals surface area contributed by atoms with Crippen molar-refractivity contribution in [2.45, 2.75) is 46.7 Å². The highest BCUT2D eigenvalue weighted by Gasteiger charge is 2.09. The Balaban J connectivity index is 2.66. The average molecular weight is 344 g/mol. The molecule has 0 spiro atoms. The van der Waals surface area contributed by atoms with Gasteiger partial charge >= 0.3 is 0 Å². The van der Waals surface area contributed by atoms with Gasteiger partial charge < -0.3 is 14.8 Å². The lowest BCUT2D eigenvalue weighted by Crippen LogP contribution is -2.22. The third kappa shape index (κ3) is 6.25. The van der Waals surface area contributed by atoms with Crippen molar-refractivity contribution in [3.05, 3.63) is 27.7 Å². The predicted molar refractivity (Wildman–Crippen MR) is 87.5 cm³/mol. The largest absolute Gasteiger partial charge is 0.493 e. The van der Waals surface area contributed by atoms with Crippen LogP contribution >= 0.6 is 15.9 Å². The van der Waals surface area contributed by atoms with Gasteiger partial charge in [-0.25, -0.2) is 0 Å². The normalized spacial score (nSPS) is 11.1. The second kappa shape index (κ2) is 9.37. The first kappa shape index (κ1) is 17.5. The molecule has 0 amide bonds. The van der Waals surface area contributed by atoms with Crippen LogP contribution in [0.15, 0.2) is 16.6 Å². The van der Waals surface area contributed by atoms with Crippen LogP contribution in [-0.4, -0.2) is 25.9 Å². The van der Waals surface area contributed by atoms with Crippen molar-refractivity contribution < 1.29 is 9.47 Å². The molecular weight excluding hydrogens is 318 g/mol. The van der Waals surface area contributed by atoms with Crippen LogP contribution in [-0.2, 0) is 11.3 Å². The van der Waals surface area contributed by atoms with E-state index in [1.54, 1.807) is 0 Å². The number of benzene rings is 1. The van der Waals surface area contributed by atoms with Crippen LogP contribution in [0.1, 0.15) is 38.3 Å². The third-order valence-electron chi connectivity index (χ3n) is 2.90. The molecule has 0 unspecified atom stereocenters. The second-order valence-corrected chi connectivity index (χ2v) is 6.06. The molecule has 1 aromatic carbocycles. The Kier molecular flexibility index (Phi) is 8.19. The molecule has 0 saturated heterocycles. The molecule has 1 N–H and O–H groups in total. The summed E-state index contributed by atoms with van der Waals surface area (Å²) in [5, 5.41) is 3.44. The maximum absolute atomic E-state index is 5.96. The van der Waals surface area contributed by atoms with Crippen LogP contribution in [0.2, 0.25) is 0 Å². The highest BCUT2D eigenvalue weighted by Crippen LogP contribution is 2.28. The number of hydrogen-bond donors (Lipinski definition) is 1. The molecule has 0 atom stereocenters. The molecule has 114 valence electrons. The van der Waals surface area contributed by atoms with Crippen molar-refractivity contribution in [1.29, 1.82) is 0 Å². The van der Waals surface area contributed by atoms with E-state index < -0.39 is 0 Å². The van der Waals surface area contributed by atoms with E-state index >= 15 is 0 Å². The summed E-state index contributed by atoms with van der Waals surface area (Å²) in [6.45, 7) is 11.4. The number of rotatable bonds is 9. The van der Waals surface area contributed by atoms with Crippen molar-refractivity contribution >= 4 is 15.9 Å². The van der Waals surface area contributed by atoms with Gasteiger partial charge in [0.25, 0.3) is 0 Å². The van der Waals surface area contributed by atoms with Crippen LogP contribution in [0.25, 0.3) is 0 Å². The lowest BCUT2D eigenvalue weighted by atomic mass is 10.1. The van der Waals surface area contributed by atoms with Crippen molar-refractivity contribution in [2.24, 2.45) is 0 Å². The van der Waals surface area contributed by atoms with E-state index in [9.17, 15) is 0 Å². The minimum absolute atomic E-state index is 0.458. The van der Waals surface area contributed by atoms with Crippen LogP contribution in [0.5, 0.6) is 5.75 Å². The van der Waals surface area contributed by atoms with Crippen molar-refractivity contribution in [2.75, 3.05) is 19.8 Å². The molecule has 20 heavy (non-hydrogen) atoms. The molecule has 0 aromatic heterocycles. The van der Waals surface area contributed by atoms with Gasteiger partial charge in [-0.3, -0.25) is 0 Å². The fraction of sp³-hybridized carbons (Fsp3) is 0.625. The van der Waals surface area contributed by atoms with E-state index in [0.717, 1.165) is 42.0 Å². The van der Waals surface area contributed by atoms with E-state index in [1.165, 1.54) is 5.56 Å². The lowest BCUT2D eigenvalue weighted by molar-refractivity contribution is 0.130. The lowest BCUT2D eigenvalue weighted by Gasteiger charge is -2.16. The molecule has 0 bridgehead atoms. The molecule has 4 heteroatoms. The van der Waals surface area contributed by atoms with Gasteiger partial charge in [0.2, 0.25) is 0 Å². The number of hydrogen-bond acceptors (Lipinski definition) is 3. The van der Waals surface area contributed by atoms with Gasteiger partial charge in [0.15, 0.2) is 0 Å². The van der Waals surface area contributed by atoms with Gasteiger partial charge in [-0.1, -0.05) is 29.8 Å². The first-order valence-electron chi connectivity index (χ1n) is 7.27. The second-order valence-electron chi connectivity index (χ2n) is 5.15. The molecule has 0 heterocycles. The minimum Gasteiger partial charge on any atom is -0.493 e. The smallest absolute Gasteiger partial charge is 0.126 e. The highest BCUT2D eigenvalue weighted by molar-refractivity contribution is 9.10. The average Bonchev–Trinajstić information content (AvgIpc) is 2.38. The van der Waals surface area contributed by atoms with Gasteiger partial charge in [0.1, 0.15) is 5.75 Å². The molecular formula is C16H26BrNO2. The van der Waals surface area contributed by atoms with Gasteiger partial charge in [0.05, 0.1) is 6.61 Å². The Morgan fingerprint density at radius 2 is 2.00 bits per heavy atom. The van der Waals surface area contributed by atoms with Gasteiger partial charge in [0, 0.05) is 42.3 Å². The molecule has 3 nitrogen and oxygen atoms in total. The molecule has 0 aliphatic carbocycles. The molecule has 1 rings (SSSR count). The van der Waals surface area contributed by atoms with E-state index in [1.807, 2.05) is 6.92 Å². The summed E-state index contributed by atoms with van der Waals surface area (Å²) < 4.78 is 12.4. The fourth-order valence-electron chi connectivity index (χ4n) is 1.93. The van der Waals surface area contributed by atoms with E-state index in [4.69, 9.17) is 9.47 Å². The summed E-state index contributed by atoms with van der Waals surface area (Å²) in [4.78, 5) is 0. The molecule has 0 saturated carbocycles. The first-order chi connectivity index (χ1) is 9.54. The zero-order valence-corrected chi connectivity index (χ0v) is 14.5. The zero-order valence-electron chi connectivity index (χ0n) is 13.0. The Morgan fingerprint density at radius 1 is 1.25 bits per heavy atom. The maximum atomic E-state index is 5.96. The van der Waals surface area contributed by atoms with Crippen LogP contribution < -0.4 is 10.1 Å². The first-order valence-corrected chi connectivity index (χ1v) is 8.06. The van der Waals surface area contributed by atoms with Crippen molar-refractivity contribution in [1.82, 2.24) is 5.32 Å². The molecule has 1 aromatic rings. The summed E-state index contributed by atoms with van der Waals surface area (Å²) >= 11 is 3.55. The summed E-state index contributed by atoms with van der Waals surface area (Å²) in [6.07, 6.45) is 0.917. The molecule has 0 aliphatic rings. The molecule has 0 radical (unpaired) electrons. The van der Waals surface area contributed by atoms with Crippen LogP contribution in [0.4, 0.5) is 0 Å². The monoisotopic (exact) mass is 343 g/mol. The number of ether oxygens (including phenoxy) is 2. The molecule has 0 fully saturated rings. The van der Waals surface area contributed by atoms with E-state index in [2.05, 4.69) is 54.2 Å². The fourth-order valence-corrected chi connectivity index (χ4v) is 2.55. The highest BCUT2D eigenvalue weighted by atomic mass is 79.9. The van der Waals surface area contributed by atoms with Gasteiger partial charge in [-0.05, 0) is 31.5 Å². The van der Waals surface area contributed by atoms with E-state index in [-0.39, 0.29) is 0 Å². The maximum Gasteiger partial charge on any atom is 0.126 e.